The van der Waals surface area contributed by atoms with Crippen molar-refractivity contribution in [3.05, 3.63) is 47.5 Å². The predicted octanol–water partition coefficient (Wildman–Crippen LogP) is 2.04. The summed E-state index contributed by atoms with van der Waals surface area (Å²) in [5.74, 6) is -1.20. The Balaban J connectivity index is 2.19. The molecule has 0 spiro atoms. The first kappa shape index (κ1) is 13.1. The molecule has 2 aromatic heterocycles. The number of aromatic carboxylic acids is 1. The number of aromatic nitrogens is 3. The standard InChI is InChI=1S/C11H8F3N3O2/c12-11(13,14)9-4-5-17(16-9)6-7-2-1-3-8(15-7)10(18)19/h1-5H,6H2,(H,18,19). The minimum Gasteiger partial charge on any atom is -0.477 e. The summed E-state index contributed by atoms with van der Waals surface area (Å²) in [6.45, 7) is -0.0306. The molecule has 0 aliphatic rings. The summed E-state index contributed by atoms with van der Waals surface area (Å²) in [6.07, 6.45) is -3.33. The monoisotopic (exact) mass is 271 g/mol. The normalized spacial score (nSPS) is 11.5. The van der Waals surface area contributed by atoms with Crippen molar-refractivity contribution in [1.82, 2.24) is 14.8 Å². The summed E-state index contributed by atoms with van der Waals surface area (Å²) in [5, 5.41) is 12.1. The quantitative estimate of drug-likeness (QED) is 0.927. The largest absolute Gasteiger partial charge is 0.477 e. The fraction of sp³-hybridized carbons (Fsp3) is 0.182. The third kappa shape index (κ3) is 3.09. The lowest BCUT2D eigenvalue weighted by Crippen LogP contribution is -2.10. The lowest BCUT2D eigenvalue weighted by atomic mass is 10.3. The molecular weight excluding hydrogens is 263 g/mol. The number of nitrogens with zero attached hydrogens (tertiary/aromatic N) is 3. The van der Waals surface area contributed by atoms with Crippen molar-refractivity contribution in [1.29, 1.82) is 0 Å². The van der Waals surface area contributed by atoms with Gasteiger partial charge < -0.3 is 5.11 Å². The second-order valence-electron chi connectivity index (χ2n) is 3.72. The molecule has 2 aromatic rings. The maximum atomic E-state index is 12.3. The Morgan fingerprint density at radius 2 is 2.05 bits per heavy atom. The van der Waals surface area contributed by atoms with E-state index in [1.807, 2.05) is 0 Å². The van der Waals surface area contributed by atoms with Gasteiger partial charge in [0.25, 0.3) is 0 Å². The van der Waals surface area contributed by atoms with Crippen molar-refractivity contribution >= 4 is 5.97 Å². The fourth-order valence-corrected chi connectivity index (χ4v) is 1.45. The summed E-state index contributed by atoms with van der Waals surface area (Å²) in [7, 11) is 0. The highest BCUT2D eigenvalue weighted by Crippen LogP contribution is 2.27. The average Bonchev–Trinajstić information content (AvgIpc) is 2.77. The number of hydrogen-bond acceptors (Lipinski definition) is 3. The van der Waals surface area contributed by atoms with Gasteiger partial charge in [-0.05, 0) is 18.2 Å². The van der Waals surface area contributed by atoms with Gasteiger partial charge in [-0.1, -0.05) is 6.07 Å². The van der Waals surface area contributed by atoms with Crippen LogP contribution in [0.3, 0.4) is 0 Å². The molecule has 0 fully saturated rings. The van der Waals surface area contributed by atoms with E-state index >= 15 is 0 Å². The molecule has 8 heteroatoms. The molecule has 2 rings (SSSR count). The molecule has 0 aliphatic carbocycles. The summed E-state index contributed by atoms with van der Waals surface area (Å²) in [4.78, 5) is 14.5. The number of pyridine rings is 1. The van der Waals surface area contributed by atoms with Crippen LogP contribution in [0.1, 0.15) is 21.9 Å². The van der Waals surface area contributed by atoms with Crippen LogP contribution in [0.5, 0.6) is 0 Å². The molecular formula is C11H8F3N3O2. The van der Waals surface area contributed by atoms with Crippen molar-refractivity contribution in [2.75, 3.05) is 0 Å². The van der Waals surface area contributed by atoms with Gasteiger partial charge in [-0.3, -0.25) is 4.68 Å². The van der Waals surface area contributed by atoms with Crippen LogP contribution >= 0.6 is 0 Å². The zero-order chi connectivity index (χ0) is 14.0. The zero-order valence-electron chi connectivity index (χ0n) is 9.42. The first-order valence-electron chi connectivity index (χ1n) is 5.16. The smallest absolute Gasteiger partial charge is 0.435 e. The van der Waals surface area contributed by atoms with E-state index in [4.69, 9.17) is 5.11 Å². The van der Waals surface area contributed by atoms with Gasteiger partial charge in [-0.2, -0.15) is 18.3 Å². The van der Waals surface area contributed by atoms with Gasteiger partial charge in [0, 0.05) is 6.20 Å². The number of alkyl halides is 3. The van der Waals surface area contributed by atoms with E-state index in [0.717, 1.165) is 16.9 Å². The summed E-state index contributed by atoms with van der Waals surface area (Å²) >= 11 is 0. The number of rotatable bonds is 3. The third-order valence-corrected chi connectivity index (χ3v) is 2.28. The molecule has 0 unspecified atom stereocenters. The van der Waals surface area contributed by atoms with Crippen molar-refractivity contribution < 1.29 is 23.1 Å². The van der Waals surface area contributed by atoms with Gasteiger partial charge in [-0.25, -0.2) is 9.78 Å². The van der Waals surface area contributed by atoms with Crippen molar-refractivity contribution in [3.8, 4) is 0 Å². The van der Waals surface area contributed by atoms with Crippen LogP contribution < -0.4 is 0 Å². The molecule has 100 valence electrons. The molecule has 1 N–H and O–H groups in total. The van der Waals surface area contributed by atoms with Gasteiger partial charge in [-0.15, -0.1) is 0 Å². The third-order valence-electron chi connectivity index (χ3n) is 2.28. The Hall–Kier alpha value is -2.38. The van der Waals surface area contributed by atoms with Crippen molar-refractivity contribution in [3.63, 3.8) is 0 Å². The molecule has 0 atom stereocenters. The molecule has 19 heavy (non-hydrogen) atoms. The maximum Gasteiger partial charge on any atom is 0.435 e. The van der Waals surface area contributed by atoms with Crippen LogP contribution in [0.2, 0.25) is 0 Å². The number of hydrogen-bond donors (Lipinski definition) is 1. The van der Waals surface area contributed by atoms with E-state index in [1.54, 1.807) is 0 Å². The summed E-state index contributed by atoms with van der Waals surface area (Å²) in [6, 6.07) is 5.14. The van der Waals surface area contributed by atoms with E-state index in [9.17, 15) is 18.0 Å². The summed E-state index contributed by atoms with van der Waals surface area (Å²) in [5.41, 5.74) is -0.848. The van der Waals surface area contributed by atoms with Crippen molar-refractivity contribution in [2.24, 2.45) is 0 Å². The number of carboxylic acids is 1. The lowest BCUT2D eigenvalue weighted by Gasteiger charge is -2.03. The minimum absolute atomic E-state index is 0.0306. The first-order valence-corrected chi connectivity index (χ1v) is 5.16. The molecule has 0 aromatic carbocycles. The SMILES string of the molecule is O=C(O)c1cccc(Cn2ccc(C(F)(F)F)n2)n1. The highest BCUT2D eigenvalue weighted by atomic mass is 19.4. The maximum absolute atomic E-state index is 12.3. The molecule has 5 nitrogen and oxygen atoms in total. The van der Waals surface area contributed by atoms with Gasteiger partial charge in [0.05, 0.1) is 12.2 Å². The highest BCUT2D eigenvalue weighted by molar-refractivity contribution is 5.85. The van der Waals surface area contributed by atoms with Crippen LogP contribution in [0.15, 0.2) is 30.5 Å². The Labute approximate surface area is 105 Å². The van der Waals surface area contributed by atoms with Crippen LogP contribution in [-0.2, 0) is 12.7 Å². The van der Waals surface area contributed by atoms with E-state index < -0.39 is 17.8 Å². The predicted molar refractivity (Wildman–Crippen MR) is 57.5 cm³/mol. The Morgan fingerprint density at radius 3 is 2.63 bits per heavy atom. The summed E-state index contributed by atoms with van der Waals surface area (Å²) < 4.78 is 38.1. The zero-order valence-corrected chi connectivity index (χ0v) is 9.42. The van der Waals surface area contributed by atoms with Crippen LogP contribution in [0, 0.1) is 0 Å². The Kier molecular flexibility index (Phi) is 3.24. The molecule has 0 bridgehead atoms. The molecule has 0 amide bonds. The number of carboxylic acid groups (broad SMARTS) is 1. The lowest BCUT2D eigenvalue weighted by molar-refractivity contribution is -0.141. The fourth-order valence-electron chi connectivity index (χ4n) is 1.45. The molecule has 0 saturated heterocycles. The van der Waals surface area contributed by atoms with Gasteiger partial charge in [0.1, 0.15) is 5.69 Å². The molecule has 0 aliphatic heterocycles. The van der Waals surface area contributed by atoms with Gasteiger partial charge in [0.15, 0.2) is 5.69 Å². The van der Waals surface area contributed by atoms with Crippen molar-refractivity contribution in [2.45, 2.75) is 12.7 Å². The number of halogens is 3. The van der Waals surface area contributed by atoms with E-state index in [0.29, 0.717) is 5.69 Å². The average molecular weight is 271 g/mol. The molecule has 2 heterocycles. The topological polar surface area (TPSA) is 68.0 Å². The highest BCUT2D eigenvalue weighted by Gasteiger charge is 2.33. The second kappa shape index (κ2) is 4.71. The molecule has 0 saturated carbocycles. The van der Waals surface area contributed by atoms with E-state index in [-0.39, 0.29) is 12.2 Å². The van der Waals surface area contributed by atoms with Crippen LogP contribution in [-0.4, -0.2) is 25.8 Å². The molecule has 0 radical (unpaired) electrons. The van der Waals surface area contributed by atoms with Gasteiger partial charge in [0.2, 0.25) is 0 Å². The van der Waals surface area contributed by atoms with Crippen LogP contribution in [0.4, 0.5) is 13.2 Å². The van der Waals surface area contributed by atoms with Gasteiger partial charge >= 0.3 is 12.1 Å². The number of carbonyl (C=O) groups is 1. The van der Waals surface area contributed by atoms with E-state index in [2.05, 4.69) is 10.1 Å². The Morgan fingerprint density at radius 1 is 1.32 bits per heavy atom. The first-order chi connectivity index (χ1) is 8.86. The Bertz CT molecular complexity index is 607. The second-order valence-corrected chi connectivity index (χ2v) is 3.72. The van der Waals surface area contributed by atoms with Crippen LogP contribution in [0.25, 0.3) is 0 Å². The minimum atomic E-state index is -4.50. The van der Waals surface area contributed by atoms with E-state index in [1.165, 1.54) is 18.2 Å².